The standard InChI is InChI=1S/C13H28N2O/c1-10(2)15-7-6-11(9-15)14-8-12(16)13(3,4)5/h10-12,14,16H,6-9H2,1-5H3. The highest BCUT2D eigenvalue weighted by Gasteiger charge is 2.26. The van der Waals surface area contributed by atoms with Gasteiger partial charge in [0.2, 0.25) is 0 Å². The lowest BCUT2D eigenvalue weighted by atomic mass is 9.89. The van der Waals surface area contributed by atoms with Gasteiger partial charge in [-0.2, -0.15) is 0 Å². The van der Waals surface area contributed by atoms with Crippen molar-refractivity contribution < 1.29 is 5.11 Å². The number of nitrogens with one attached hydrogen (secondary N) is 1. The first-order valence-electron chi connectivity index (χ1n) is 6.46. The lowest BCUT2D eigenvalue weighted by Gasteiger charge is -2.27. The number of aliphatic hydroxyl groups is 1. The molecule has 0 aromatic heterocycles. The Morgan fingerprint density at radius 3 is 2.44 bits per heavy atom. The first-order valence-corrected chi connectivity index (χ1v) is 6.46. The van der Waals surface area contributed by atoms with E-state index in [1.807, 2.05) is 0 Å². The van der Waals surface area contributed by atoms with E-state index >= 15 is 0 Å². The Morgan fingerprint density at radius 1 is 1.38 bits per heavy atom. The van der Waals surface area contributed by atoms with Crippen molar-refractivity contribution in [2.45, 2.75) is 59.2 Å². The van der Waals surface area contributed by atoms with Crippen molar-refractivity contribution in [3.8, 4) is 0 Å². The molecule has 2 atom stereocenters. The molecule has 0 aliphatic carbocycles. The van der Waals surface area contributed by atoms with E-state index in [0.29, 0.717) is 18.6 Å². The average Bonchev–Trinajstić information content (AvgIpc) is 2.60. The van der Waals surface area contributed by atoms with E-state index in [0.717, 1.165) is 6.54 Å². The molecule has 3 nitrogen and oxygen atoms in total. The van der Waals surface area contributed by atoms with Crippen molar-refractivity contribution in [2.75, 3.05) is 19.6 Å². The van der Waals surface area contributed by atoms with Gasteiger partial charge in [-0.05, 0) is 32.2 Å². The molecular formula is C13H28N2O. The van der Waals surface area contributed by atoms with Crippen molar-refractivity contribution in [1.29, 1.82) is 0 Å². The van der Waals surface area contributed by atoms with Gasteiger partial charge in [-0.3, -0.25) is 4.90 Å². The van der Waals surface area contributed by atoms with Gasteiger partial charge in [0.25, 0.3) is 0 Å². The van der Waals surface area contributed by atoms with Crippen molar-refractivity contribution in [2.24, 2.45) is 5.41 Å². The van der Waals surface area contributed by atoms with Gasteiger partial charge >= 0.3 is 0 Å². The molecule has 0 spiro atoms. The molecule has 1 rings (SSSR count). The lowest BCUT2D eigenvalue weighted by molar-refractivity contribution is 0.0605. The predicted octanol–water partition coefficient (Wildman–Crippen LogP) is 1.47. The summed E-state index contributed by atoms with van der Waals surface area (Å²) in [6, 6.07) is 1.19. The summed E-state index contributed by atoms with van der Waals surface area (Å²) in [7, 11) is 0. The van der Waals surface area contributed by atoms with Crippen molar-refractivity contribution in [3.05, 3.63) is 0 Å². The normalized spacial score (nSPS) is 25.3. The molecule has 0 amide bonds. The van der Waals surface area contributed by atoms with E-state index in [1.165, 1.54) is 13.0 Å². The van der Waals surface area contributed by atoms with Crippen LogP contribution in [-0.2, 0) is 0 Å². The highest BCUT2D eigenvalue weighted by molar-refractivity contribution is 4.84. The van der Waals surface area contributed by atoms with Gasteiger partial charge in [0, 0.05) is 25.2 Å². The van der Waals surface area contributed by atoms with Crippen molar-refractivity contribution >= 4 is 0 Å². The first-order chi connectivity index (χ1) is 7.30. The third-order valence-electron chi connectivity index (χ3n) is 3.55. The molecule has 1 fully saturated rings. The summed E-state index contributed by atoms with van der Waals surface area (Å²) >= 11 is 0. The van der Waals surface area contributed by atoms with E-state index in [1.54, 1.807) is 0 Å². The molecule has 16 heavy (non-hydrogen) atoms. The Kier molecular flexibility index (Phi) is 4.77. The second-order valence-corrected chi connectivity index (χ2v) is 6.36. The molecule has 0 aromatic carbocycles. The molecule has 2 N–H and O–H groups in total. The average molecular weight is 228 g/mol. The minimum Gasteiger partial charge on any atom is -0.391 e. The van der Waals surface area contributed by atoms with Crippen molar-refractivity contribution in [1.82, 2.24) is 10.2 Å². The largest absolute Gasteiger partial charge is 0.391 e. The maximum Gasteiger partial charge on any atom is 0.0712 e. The first kappa shape index (κ1) is 13.9. The van der Waals surface area contributed by atoms with Crippen LogP contribution < -0.4 is 5.32 Å². The zero-order valence-corrected chi connectivity index (χ0v) is 11.5. The van der Waals surface area contributed by atoms with Crippen LogP contribution in [0, 0.1) is 5.41 Å². The predicted molar refractivity (Wildman–Crippen MR) is 68.6 cm³/mol. The fourth-order valence-corrected chi connectivity index (χ4v) is 2.01. The second kappa shape index (κ2) is 5.48. The molecule has 0 radical (unpaired) electrons. The van der Waals surface area contributed by atoms with Crippen LogP contribution in [0.3, 0.4) is 0 Å². The van der Waals surface area contributed by atoms with Crippen LogP contribution in [0.2, 0.25) is 0 Å². The third-order valence-corrected chi connectivity index (χ3v) is 3.55. The van der Waals surface area contributed by atoms with Crippen LogP contribution in [0.15, 0.2) is 0 Å². The Balaban J connectivity index is 2.25. The topological polar surface area (TPSA) is 35.5 Å². The quantitative estimate of drug-likeness (QED) is 0.765. The maximum absolute atomic E-state index is 9.95. The molecule has 0 saturated carbocycles. The minimum absolute atomic E-state index is 0.0245. The summed E-state index contributed by atoms with van der Waals surface area (Å²) in [6.45, 7) is 13.7. The summed E-state index contributed by atoms with van der Waals surface area (Å²) in [6.07, 6.45) is 0.940. The summed E-state index contributed by atoms with van der Waals surface area (Å²) < 4.78 is 0. The molecule has 96 valence electrons. The summed E-state index contributed by atoms with van der Waals surface area (Å²) in [4.78, 5) is 2.49. The summed E-state index contributed by atoms with van der Waals surface area (Å²) in [5, 5.41) is 13.4. The summed E-state index contributed by atoms with van der Waals surface area (Å²) in [5.41, 5.74) is -0.0245. The summed E-state index contributed by atoms with van der Waals surface area (Å²) in [5.74, 6) is 0. The van der Waals surface area contributed by atoms with Gasteiger partial charge in [0.15, 0.2) is 0 Å². The molecule has 1 heterocycles. The van der Waals surface area contributed by atoms with Gasteiger partial charge < -0.3 is 10.4 Å². The molecule has 1 aliphatic rings. The Labute approximate surface area is 100 Å². The fourth-order valence-electron chi connectivity index (χ4n) is 2.01. The van der Waals surface area contributed by atoms with Gasteiger partial charge in [-0.25, -0.2) is 0 Å². The van der Waals surface area contributed by atoms with Gasteiger partial charge in [0.05, 0.1) is 6.10 Å². The van der Waals surface area contributed by atoms with Gasteiger partial charge in [-0.15, -0.1) is 0 Å². The number of aliphatic hydroxyl groups excluding tert-OH is 1. The van der Waals surface area contributed by atoms with Crippen LogP contribution in [0.25, 0.3) is 0 Å². The number of nitrogens with zero attached hydrogens (tertiary/aromatic N) is 1. The highest BCUT2D eigenvalue weighted by atomic mass is 16.3. The molecular weight excluding hydrogens is 200 g/mol. The molecule has 0 aromatic rings. The van der Waals surface area contributed by atoms with E-state index < -0.39 is 0 Å². The Bertz CT molecular complexity index is 210. The zero-order valence-electron chi connectivity index (χ0n) is 11.5. The van der Waals surface area contributed by atoms with Crippen LogP contribution in [0.4, 0.5) is 0 Å². The molecule has 1 aliphatic heterocycles. The molecule has 2 unspecified atom stereocenters. The second-order valence-electron chi connectivity index (χ2n) is 6.36. The molecule has 0 bridgehead atoms. The molecule has 3 heteroatoms. The van der Waals surface area contributed by atoms with Crippen LogP contribution in [0.5, 0.6) is 0 Å². The number of rotatable bonds is 4. The van der Waals surface area contributed by atoms with Crippen LogP contribution in [-0.4, -0.2) is 47.8 Å². The maximum atomic E-state index is 9.95. The lowest BCUT2D eigenvalue weighted by Crippen LogP contribution is -2.42. The highest BCUT2D eigenvalue weighted by Crippen LogP contribution is 2.19. The number of hydrogen-bond acceptors (Lipinski definition) is 3. The molecule has 1 saturated heterocycles. The Hall–Kier alpha value is -0.120. The number of likely N-dealkylation sites (tertiary alicyclic amines) is 1. The van der Waals surface area contributed by atoms with E-state index in [9.17, 15) is 5.11 Å². The van der Waals surface area contributed by atoms with Crippen LogP contribution >= 0.6 is 0 Å². The van der Waals surface area contributed by atoms with Crippen LogP contribution in [0.1, 0.15) is 41.0 Å². The smallest absolute Gasteiger partial charge is 0.0712 e. The Morgan fingerprint density at radius 2 is 2.00 bits per heavy atom. The van der Waals surface area contributed by atoms with Gasteiger partial charge in [-0.1, -0.05) is 20.8 Å². The van der Waals surface area contributed by atoms with E-state index in [4.69, 9.17) is 0 Å². The van der Waals surface area contributed by atoms with E-state index in [-0.39, 0.29) is 11.5 Å². The fraction of sp³-hybridized carbons (Fsp3) is 1.00. The monoisotopic (exact) mass is 228 g/mol. The third kappa shape index (κ3) is 4.04. The van der Waals surface area contributed by atoms with Crippen molar-refractivity contribution in [3.63, 3.8) is 0 Å². The van der Waals surface area contributed by atoms with E-state index in [2.05, 4.69) is 44.8 Å². The number of hydrogen-bond donors (Lipinski definition) is 2. The zero-order chi connectivity index (χ0) is 12.3. The van der Waals surface area contributed by atoms with Gasteiger partial charge in [0.1, 0.15) is 0 Å². The minimum atomic E-state index is -0.263. The SMILES string of the molecule is CC(C)N1CCC(NCC(O)C(C)(C)C)C1.